The molecule has 0 aliphatic carbocycles. The lowest BCUT2D eigenvalue weighted by molar-refractivity contribution is 0.0964. The number of ether oxygens (including phenoxy) is 1. The Hall–Kier alpha value is -3.23. The van der Waals surface area contributed by atoms with E-state index in [9.17, 15) is 14.0 Å². The molecule has 3 aromatic rings. The van der Waals surface area contributed by atoms with Gasteiger partial charge in [-0.05, 0) is 55.0 Å². The molecule has 1 aromatic heterocycles. The van der Waals surface area contributed by atoms with Crippen LogP contribution in [-0.2, 0) is 6.54 Å². The Morgan fingerprint density at radius 3 is 2.55 bits per heavy atom. The Labute approximate surface area is 196 Å². The van der Waals surface area contributed by atoms with Crippen LogP contribution in [0.25, 0.3) is 0 Å². The third-order valence-corrected chi connectivity index (χ3v) is 5.74. The Morgan fingerprint density at radius 2 is 1.88 bits per heavy atom. The number of carbonyl (C=O) groups is 2. The van der Waals surface area contributed by atoms with E-state index in [1.54, 1.807) is 29.2 Å². The van der Waals surface area contributed by atoms with E-state index in [2.05, 4.69) is 10.00 Å². The molecule has 2 heterocycles. The molecule has 0 N–H and O–H groups in total. The molecule has 2 aromatic carbocycles. The fourth-order valence-corrected chi connectivity index (χ4v) is 4.00. The van der Waals surface area contributed by atoms with E-state index in [1.807, 2.05) is 13.0 Å². The summed E-state index contributed by atoms with van der Waals surface area (Å²) in [5, 5.41) is 4.66. The fourth-order valence-electron chi connectivity index (χ4n) is 3.88. The van der Waals surface area contributed by atoms with Crippen molar-refractivity contribution in [1.82, 2.24) is 19.6 Å². The normalized spacial score (nSPS) is 16.6. The van der Waals surface area contributed by atoms with Gasteiger partial charge in [0, 0.05) is 56.4 Å². The van der Waals surface area contributed by atoms with E-state index in [4.69, 9.17) is 16.3 Å². The van der Waals surface area contributed by atoms with Crippen molar-refractivity contribution in [3.63, 3.8) is 0 Å². The molecule has 33 heavy (non-hydrogen) atoms. The maximum atomic E-state index is 14.2. The number of benzene rings is 2. The summed E-state index contributed by atoms with van der Waals surface area (Å²) < 4.78 is 21.2. The molecule has 172 valence electrons. The standard InChI is InChI=1S/C24H24ClFN4O3/c1-16-14-28(9-10-29(16)24(32)30-8-7-23(27-30)17(2)31)15-18-11-20(26)13-22(12-18)33-21-5-3-19(25)4-6-21/h3-8,11-13,16H,9-10,14-15H2,1-2H3/t16-/m0/s1. The first-order valence-electron chi connectivity index (χ1n) is 10.6. The van der Waals surface area contributed by atoms with E-state index < -0.39 is 0 Å². The van der Waals surface area contributed by atoms with E-state index >= 15 is 0 Å². The van der Waals surface area contributed by atoms with Crippen LogP contribution in [0, 0.1) is 5.82 Å². The zero-order valence-corrected chi connectivity index (χ0v) is 19.1. The number of carbonyl (C=O) groups excluding carboxylic acids is 2. The van der Waals surface area contributed by atoms with Crippen LogP contribution in [0.1, 0.15) is 29.9 Å². The van der Waals surface area contributed by atoms with Gasteiger partial charge in [0.1, 0.15) is 23.0 Å². The molecule has 0 radical (unpaired) electrons. The molecule has 0 unspecified atom stereocenters. The highest BCUT2D eigenvalue weighted by atomic mass is 35.5. The summed E-state index contributed by atoms with van der Waals surface area (Å²) in [5.41, 5.74) is 1.04. The van der Waals surface area contributed by atoms with Crippen molar-refractivity contribution < 1.29 is 18.7 Å². The monoisotopic (exact) mass is 470 g/mol. The number of amides is 1. The second-order valence-electron chi connectivity index (χ2n) is 8.11. The highest BCUT2D eigenvalue weighted by Gasteiger charge is 2.29. The van der Waals surface area contributed by atoms with Crippen molar-refractivity contribution in [1.29, 1.82) is 0 Å². The van der Waals surface area contributed by atoms with E-state index in [1.165, 1.54) is 36.0 Å². The molecule has 9 heteroatoms. The van der Waals surface area contributed by atoms with Crippen molar-refractivity contribution in [2.45, 2.75) is 26.4 Å². The van der Waals surface area contributed by atoms with Gasteiger partial charge in [0.15, 0.2) is 5.78 Å². The number of halogens is 2. The lowest BCUT2D eigenvalue weighted by Crippen LogP contribution is -2.54. The Kier molecular flexibility index (Phi) is 6.76. The molecule has 0 saturated carbocycles. The molecular formula is C24H24ClFN4O3. The predicted octanol–water partition coefficient (Wildman–Crippen LogP) is 4.84. The molecular weight excluding hydrogens is 447 g/mol. The minimum absolute atomic E-state index is 0.0745. The van der Waals surface area contributed by atoms with Gasteiger partial charge >= 0.3 is 6.03 Å². The average Bonchev–Trinajstić information content (AvgIpc) is 3.25. The van der Waals surface area contributed by atoms with Crippen LogP contribution in [0.4, 0.5) is 9.18 Å². The van der Waals surface area contributed by atoms with Gasteiger partial charge in [0.25, 0.3) is 0 Å². The second-order valence-corrected chi connectivity index (χ2v) is 8.55. The van der Waals surface area contributed by atoms with E-state index in [0.717, 1.165) is 5.56 Å². The van der Waals surface area contributed by atoms with Gasteiger partial charge in [-0.3, -0.25) is 9.69 Å². The van der Waals surface area contributed by atoms with E-state index in [-0.39, 0.29) is 29.4 Å². The molecule has 1 fully saturated rings. The first-order valence-corrected chi connectivity index (χ1v) is 11.0. The number of hydrogen-bond donors (Lipinski definition) is 0. The van der Waals surface area contributed by atoms with Gasteiger partial charge in [0.2, 0.25) is 0 Å². The molecule has 7 nitrogen and oxygen atoms in total. The molecule has 1 aliphatic heterocycles. The lowest BCUT2D eigenvalue weighted by atomic mass is 10.1. The largest absolute Gasteiger partial charge is 0.457 e. The molecule has 1 saturated heterocycles. The third-order valence-electron chi connectivity index (χ3n) is 5.49. The van der Waals surface area contributed by atoms with Crippen LogP contribution in [0.2, 0.25) is 5.02 Å². The van der Waals surface area contributed by atoms with Gasteiger partial charge in [-0.15, -0.1) is 0 Å². The summed E-state index contributed by atoms with van der Waals surface area (Å²) >= 11 is 5.90. The quantitative estimate of drug-likeness (QED) is 0.499. The molecule has 0 bridgehead atoms. The predicted molar refractivity (Wildman–Crippen MR) is 122 cm³/mol. The van der Waals surface area contributed by atoms with Gasteiger partial charge in [-0.2, -0.15) is 9.78 Å². The average molecular weight is 471 g/mol. The third kappa shape index (κ3) is 5.58. The molecule has 4 rings (SSSR count). The SMILES string of the molecule is CC(=O)c1ccn(C(=O)N2CCN(Cc3cc(F)cc(Oc4ccc(Cl)cc4)c3)C[C@@H]2C)n1. The molecule has 1 atom stereocenters. The van der Waals surface area contributed by atoms with Crippen molar-refractivity contribution >= 4 is 23.4 Å². The van der Waals surface area contributed by atoms with Gasteiger partial charge in [-0.1, -0.05) is 11.6 Å². The number of nitrogens with zero attached hydrogens (tertiary/aromatic N) is 4. The van der Waals surface area contributed by atoms with Crippen molar-refractivity contribution in [2.75, 3.05) is 19.6 Å². The highest BCUT2D eigenvalue weighted by Crippen LogP contribution is 2.26. The molecule has 1 amide bonds. The minimum Gasteiger partial charge on any atom is -0.457 e. The summed E-state index contributed by atoms with van der Waals surface area (Å²) in [7, 11) is 0. The molecule has 0 spiro atoms. The summed E-state index contributed by atoms with van der Waals surface area (Å²) in [5.74, 6) is 0.421. The summed E-state index contributed by atoms with van der Waals surface area (Å²) in [6, 6.07) is 12.7. The Bertz CT molecular complexity index is 1160. The van der Waals surface area contributed by atoms with Gasteiger partial charge in [-0.25, -0.2) is 9.18 Å². The van der Waals surface area contributed by atoms with Crippen LogP contribution in [0.3, 0.4) is 0 Å². The lowest BCUT2D eigenvalue weighted by Gasteiger charge is -2.39. The van der Waals surface area contributed by atoms with Crippen molar-refractivity contribution in [2.24, 2.45) is 0 Å². The summed E-state index contributed by atoms with van der Waals surface area (Å²) in [6.45, 7) is 5.64. The first kappa shape index (κ1) is 22.9. The summed E-state index contributed by atoms with van der Waals surface area (Å²) in [4.78, 5) is 28.2. The minimum atomic E-state index is -0.377. The van der Waals surface area contributed by atoms with Crippen LogP contribution < -0.4 is 4.74 Å². The maximum Gasteiger partial charge on any atom is 0.344 e. The number of piperazine rings is 1. The number of aromatic nitrogens is 2. The van der Waals surface area contributed by atoms with Crippen LogP contribution in [0.15, 0.2) is 54.7 Å². The molecule has 1 aliphatic rings. The van der Waals surface area contributed by atoms with Crippen LogP contribution in [-0.4, -0.2) is 57.1 Å². The zero-order valence-electron chi connectivity index (χ0n) is 18.4. The zero-order chi connectivity index (χ0) is 23.5. The van der Waals surface area contributed by atoms with Gasteiger partial charge in [0.05, 0.1) is 0 Å². The van der Waals surface area contributed by atoms with Gasteiger partial charge < -0.3 is 9.64 Å². The Balaban J connectivity index is 1.39. The maximum absolute atomic E-state index is 14.2. The number of rotatable bonds is 5. The Morgan fingerprint density at radius 1 is 1.12 bits per heavy atom. The smallest absolute Gasteiger partial charge is 0.344 e. The number of ketones is 1. The van der Waals surface area contributed by atoms with E-state index in [0.29, 0.717) is 42.7 Å². The number of hydrogen-bond acceptors (Lipinski definition) is 5. The summed E-state index contributed by atoms with van der Waals surface area (Å²) in [6.07, 6.45) is 1.51. The number of Topliss-reactive ketones (excluding diaryl/α,β-unsaturated/α-hetero) is 1. The highest BCUT2D eigenvalue weighted by molar-refractivity contribution is 6.30. The fraction of sp³-hybridized carbons (Fsp3) is 0.292. The second kappa shape index (κ2) is 9.72. The van der Waals surface area contributed by atoms with Crippen LogP contribution in [0.5, 0.6) is 11.5 Å². The van der Waals surface area contributed by atoms with Crippen molar-refractivity contribution in [3.8, 4) is 11.5 Å². The van der Waals surface area contributed by atoms with Crippen molar-refractivity contribution in [3.05, 3.63) is 76.8 Å². The van der Waals surface area contributed by atoms with Crippen LogP contribution >= 0.6 is 11.6 Å². The first-order chi connectivity index (χ1) is 15.8. The topological polar surface area (TPSA) is 67.7 Å².